The molecule has 0 amide bonds. The predicted octanol–water partition coefficient (Wildman–Crippen LogP) is 3.72. The first kappa shape index (κ1) is 24.0. The first-order chi connectivity index (χ1) is 18.8. The summed E-state index contributed by atoms with van der Waals surface area (Å²) >= 11 is 0. The van der Waals surface area contributed by atoms with E-state index in [2.05, 4.69) is 4.98 Å². The van der Waals surface area contributed by atoms with Crippen LogP contribution >= 0.6 is 0 Å². The van der Waals surface area contributed by atoms with Gasteiger partial charge in [0.1, 0.15) is 6.61 Å². The second-order valence-electron chi connectivity index (χ2n) is 9.25. The number of nitro benzene ring substituents is 1. The van der Waals surface area contributed by atoms with E-state index >= 15 is 0 Å². The number of benzene rings is 2. The number of rotatable bonds is 4. The molecule has 2 aliphatic rings. The molecule has 0 radical (unpaired) electrons. The van der Waals surface area contributed by atoms with Gasteiger partial charge in [0.25, 0.3) is 11.2 Å². The van der Waals surface area contributed by atoms with Crippen molar-refractivity contribution in [2.75, 3.05) is 0 Å². The van der Waals surface area contributed by atoms with Crippen LogP contribution in [0.3, 0.4) is 0 Å². The third-order valence-electron chi connectivity index (χ3n) is 7.19. The molecule has 0 fully saturated rings. The van der Waals surface area contributed by atoms with Crippen molar-refractivity contribution in [1.82, 2.24) is 9.55 Å². The summed E-state index contributed by atoms with van der Waals surface area (Å²) in [6.07, 6.45) is -0.0182. The molecular weight excluding hydrogens is 504 g/mol. The minimum atomic E-state index is -1.90. The lowest BCUT2D eigenvalue weighted by Crippen LogP contribution is -2.47. The molecule has 0 bridgehead atoms. The first-order valence-corrected chi connectivity index (χ1v) is 12.0. The maximum absolute atomic E-state index is 13.7. The van der Waals surface area contributed by atoms with Crippen molar-refractivity contribution in [2.45, 2.75) is 32.1 Å². The Morgan fingerprint density at radius 1 is 1.23 bits per heavy atom. The number of hydrogen-bond donors (Lipinski definition) is 0. The Kier molecular flexibility index (Phi) is 5.29. The van der Waals surface area contributed by atoms with E-state index in [1.54, 1.807) is 25.1 Å². The maximum atomic E-state index is 13.7. The van der Waals surface area contributed by atoms with Crippen molar-refractivity contribution in [3.8, 4) is 17.5 Å². The fourth-order valence-electron chi connectivity index (χ4n) is 5.24. The average Bonchev–Trinajstić information content (AvgIpc) is 3.30. The monoisotopic (exact) mass is 522 g/mol. The average molecular weight is 522 g/mol. The van der Waals surface area contributed by atoms with Crippen LogP contribution in [0.25, 0.3) is 22.3 Å². The number of ether oxygens (including phenoxy) is 2. The van der Waals surface area contributed by atoms with Gasteiger partial charge < -0.3 is 14.0 Å². The number of nitrogens with zero attached hydrogens (tertiary/aromatic N) is 4. The number of carbonyl (C=O) groups is 2. The van der Waals surface area contributed by atoms with E-state index in [1.807, 2.05) is 6.07 Å². The third-order valence-corrected chi connectivity index (χ3v) is 7.19. The SMILES string of the molecule is CC[C@@]1(OC(=O)c2cccc(C#N)c2)C(=O)OCc2c1cc1n(c2=O)Cc2cc3c([N+](=O)[O-])cccc3nc2-1. The zero-order valence-electron chi connectivity index (χ0n) is 20.5. The summed E-state index contributed by atoms with van der Waals surface area (Å²) in [6.45, 7) is 1.46. The zero-order valence-corrected chi connectivity index (χ0v) is 20.5. The molecule has 0 aliphatic carbocycles. The van der Waals surface area contributed by atoms with Gasteiger partial charge in [-0.25, -0.2) is 14.6 Å². The van der Waals surface area contributed by atoms with E-state index < -0.39 is 28.0 Å². The summed E-state index contributed by atoms with van der Waals surface area (Å²) in [5.41, 5.74) is 0.0829. The Hall–Kier alpha value is -5.37. The minimum absolute atomic E-state index is 0.0182. The molecule has 39 heavy (non-hydrogen) atoms. The van der Waals surface area contributed by atoms with Gasteiger partial charge in [0.05, 0.1) is 56.5 Å². The fourth-order valence-corrected chi connectivity index (χ4v) is 5.24. The van der Waals surface area contributed by atoms with Crippen LogP contribution in [0.4, 0.5) is 5.69 Å². The summed E-state index contributed by atoms with van der Waals surface area (Å²) in [4.78, 5) is 55.7. The lowest BCUT2D eigenvalue weighted by molar-refractivity contribution is -0.383. The number of esters is 2. The highest BCUT2D eigenvalue weighted by Gasteiger charge is 2.50. The number of fused-ring (bicyclic) bond motifs is 5. The van der Waals surface area contributed by atoms with Crippen LogP contribution < -0.4 is 5.56 Å². The zero-order chi connectivity index (χ0) is 27.5. The molecule has 2 aromatic heterocycles. The highest BCUT2D eigenvalue weighted by molar-refractivity contribution is 5.95. The molecule has 1 atom stereocenters. The van der Waals surface area contributed by atoms with Crippen LogP contribution in [-0.4, -0.2) is 26.4 Å². The summed E-state index contributed by atoms with van der Waals surface area (Å²) in [5.74, 6) is -1.66. The highest BCUT2D eigenvalue weighted by Crippen LogP contribution is 2.41. The molecule has 0 spiro atoms. The minimum Gasteiger partial charge on any atom is -0.457 e. The van der Waals surface area contributed by atoms with Crippen molar-refractivity contribution in [3.05, 3.63) is 103 Å². The Morgan fingerprint density at radius 3 is 2.77 bits per heavy atom. The number of nitriles is 1. The molecule has 11 nitrogen and oxygen atoms in total. The topological polar surface area (TPSA) is 154 Å². The number of hydrogen-bond acceptors (Lipinski definition) is 9. The normalized spacial score (nSPS) is 17.0. The molecule has 0 unspecified atom stereocenters. The van der Waals surface area contributed by atoms with Gasteiger partial charge in [0, 0.05) is 17.2 Å². The van der Waals surface area contributed by atoms with Gasteiger partial charge in [-0.3, -0.25) is 14.9 Å². The van der Waals surface area contributed by atoms with Gasteiger partial charge in [-0.2, -0.15) is 5.26 Å². The van der Waals surface area contributed by atoms with Crippen LogP contribution in [0.5, 0.6) is 0 Å². The van der Waals surface area contributed by atoms with E-state index in [0.29, 0.717) is 27.9 Å². The smallest absolute Gasteiger partial charge is 0.355 e. The number of cyclic esters (lactones) is 1. The van der Waals surface area contributed by atoms with Gasteiger partial charge in [-0.05, 0) is 42.8 Å². The number of carbonyl (C=O) groups excluding carboxylic acids is 2. The van der Waals surface area contributed by atoms with Gasteiger partial charge in [-0.1, -0.05) is 19.1 Å². The number of nitro groups is 1. The Balaban J connectivity index is 1.52. The summed E-state index contributed by atoms with van der Waals surface area (Å²) < 4.78 is 12.6. The summed E-state index contributed by atoms with van der Waals surface area (Å²) in [7, 11) is 0. The van der Waals surface area contributed by atoms with Crippen LogP contribution in [-0.2, 0) is 33.0 Å². The molecule has 2 aromatic carbocycles. The Bertz CT molecular complexity index is 1870. The number of pyridine rings is 2. The molecule has 11 heteroatoms. The summed E-state index contributed by atoms with van der Waals surface area (Å²) in [5, 5.41) is 21.1. The molecule has 2 aliphatic heterocycles. The van der Waals surface area contributed by atoms with E-state index in [9.17, 15) is 29.8 Å². The van der Waals surface area contributed by atoms with Gasteiger partial charge in [-0.15, -0.1) is 0 Å². The summed E-state index contributed by atoms with van der Waals surface area (Å²) in [6, 6.07) is 15.7. The van der Waals surface area contributed by atoms with E-state index in [-0.39, 0.29) is 47.5 Å². The van der Waals surface area contributed by atoms with Gasteiger partial charge in [0.2, 0.25) is 5.60 Å². The molecule has 4 aromatic rings. The van der Waals surface area contributed by atoms with Crippen molar-refractivity contribution in [2.24, 2.45) is 0 Å². The Labute approximate surface area is 220 Å². The number of non-ortho nitro benzene ring substituents is 1. The molecule has 192 valence electrons. The lowest BCUT2D eigenvalue weighted by Gasteiger charge is -2.35. The van der Waals surface area contributed by atoms with Crippen molar-refractivity contribution < 1.29 is 24.0 Å². The van der Waals surface area contributed by atoms with Gasteiger partial charge >= 0.3 is 11.9 Å². The molecule has 6 rings (SSSR count). The van der Waals surface area contributed by atoms with Gasteiger partial charge in [0.15, 0.2) is 0 Å². The first-order valence-electron chi connectivity index (χ1n) is 12.0. The van der Waals surface area contributed by atoms with Crippen LogP contribution in [0, 0.1) is 21.4 Å². The van der Waals surface area contributed by atoms with E-state index in [4.69, 9.17) is 9.47 Å². The molecule has 0 N–H and O–H groups in total. The van der Waals surface area contributed by atoms with Crippen LogP contribution in [0.2, 0.25) is 0 Å². The predicted molar refractivity (Wildman–Crippen MR) is 136 cm³/mol. The van der Waals surface area contributed by atoms with Crippen LogP contribution in [0.1, 0.15) is 46.0 Å². The van der Waals surface area contributed by atoms with Crippen molar-refractivity contribution >= 4 is 28.5 Å². The lowest BCUT2D eigenvalue weighted by atomic mass is 9.85. The van der Waals surface area contributed by atoms with E-state index in [0.717, 1.165) is 0 Å². The third kappa shape index (κ3) is 3.49. The molecule has 0 saturated heterocycles. The van der Waals surface area contributed by atoms with Crippen molar-refractivity contribution in [3.63, 3.8) is 0 Å². The molecule has 0 saturated carbocycles. The standard InChI is InChI=1S/C28H18N4O7/c1-2-28(39-26(34)16-6-3-5-15(9-16)12-29)20-11-23-24-17(13-31(23)25(33)19(20)14-38-27(28)35)10-18-21(30-24)7-4-8-22(18)32(36)37/h3-11H,2,13-14H2,1H3/t28-/m0/s1. The quantitative estimate of drug-likeness (QED) is 0.195. The highest BCUT2D eigenvalue weighted by atomic mass is 16.6. The number of aromatic nitrogens is 2. The largest absolute Gasteiger partial charge is 0.457 e. The molecular formula is C28H18N4O7. The maximum Gasteiger partial charge on any atom is 0.355 e. The second kappa shape index (κ2) is 8.59. The van der Waals surface area contributed by atoms with Crippen LogP contribution in [0.15, 0.2) is 59.4 Å². The molecule has 4 heterocycles. The Morgan fingerprint density at radius 2 is 2.03 bits per heavy atom. The van der Waals surface area contributed by atoms with E-state index in [1.165, 1.54) is 41.0 Å². The second-order valence-corrected chi connectivity index (χ2v) is 9.25. The fraction of sp³-hybridized carbons (Fsp3) is 0.179. The van der Waals surface area contributed by atoms with Crippen molar-refractivity contribution in [1.29, 1.82) is 5.26 Å².